The molecule has 1 aliphatic carbocycles. The fourth-order valence-electron chi connectivity index (χ4n) is 6.08. The van der Waals surface area contributed by atoms with Gasteiger partial charge in [0.15, 0.2) is 5.82 Å². The lowest BCUT2D eigenvalue weighted by atomic mass is 10.0. The summed E-state index contributed by atoms with van der Waals surface area (Å²) in [6, 6.07) is 2.41. The lowest BCUT2D eigenvalue weighted by Gasteiger charge is -2.43. The second-order valence-corrected chi connectivity index (χ2v) is 11.1. The van der Waals surface area contributed by atoms with E-state index in [-0.39, 0.29) is 60.2 Å². The van der Waals surface area contributed by atoms with Crippen LogP contribution in [0, 0.1) is 5.82 Å². The molecule has 1 aromatic carbocycles. The number of nitrogens with one attached hydrogen (secondary N) is 2. The molecule has 2 amide bonds. The third-order valence-electron chi connectivity index (χ3n) is 8.38. The molecule has 11 nitrogen and oxygen atoms in total. The van der Waals surface area contributed by atoms with Crippen molar-refractivity contribution in [3.05, 3.63) is 29.7 Å². The van der Waals surface area contributed by atoms with Crippen LogP contribution in [0.1, 0.15) is 62.2 Å². The third kappa shape index (κ3) is 6.08. The van der Waals surface area contributed by atoms with Gasteiger partial charge >= 0.3 is 0 Å². The molecule has 222 valence electrons. The highest BCUT2D eigenvalue weighted by Gasteiger charge is 2.41. The normalized spacial score (nSPS) is 20.3. The highest BCUT2D eigenvalue weighted by atomic mass is 19.1. The van der Waals surface area contributed by atoms with E-state index < -0.39 is 11.7 Å². The molecule has 0 bridgehead atoms. The maximum Gasteiger partial charge on any atom is 0.254 e. The number of hydrogen-bond acceptors (Lipinski definition) is 9. The van der Waals surface area contributed by atoms with Crippen molar-refractivity contribution in [3.8, 4) is 5.75 Å². The number of aliphatic hydroxyl groups excluding tert-OH is 1. The first-order chi connectivity index (χ1) is 19.8. The number of rotatable bonds is 9. The lowest BCUT2D eigenvalue weighted by Crippen LogP contribution is -2.55. The smallest absolute Gasteiger partial charge is 0.254 e. The minimum absolute atomic E-state index is 0.0204. The zero-order chi connectivity index (χ0) is 29.1. The van der Waals surface area contributed by atoms with E-state index >= 15 is 4.39 Å². The number of aromatic nitrogens is 2. The van der Waals surface area contributed by atoms with E-state index in [2.05, 4.69) is 25.4 Å². The first-order valence-corrected chi connectivity index (χ1v) is 14.6. The number of carbonyl (C=O) groups is 2. The summed E-state index contributed by atoms with van der Waals surface area (Å²) >= 11 is 0. The summed E-state index contributed by atoms with van der Waals surface area (Å²) in [6.07, 6.45) is 8.04. The molecule has 0 spiro atoms. The molecule has 5 rings (SSSR count). The van der Waals surface area contributed by atoms with Gasteiger partial charge in [-0.25, -0.2) is 9.37 Å². The van der Waals surface area contributed by atoms with Crippen LogP contribution >= 0.6 is 0 Å². The van der Waals surface area contributed by atoms with Crippen molar-refractivity contribution in [1.29, 1.82) is 0 Å². The van der Waals surface area contributed by atoms with Crippen LogP contribution in [-0.4, -0.2) is 90.3 Å². The van der Waals surface area contributed by atoms with Gasteiger partial charge in [0.1, 0.15) is 29.9 Å². The van der Waals surface area contributed by atoms with Gasteiger partial charge in [0.2, 0.25) is 11.9 Å². The maximum atomic E-state index is 15.3. The Balaban J connectivity index is 1.44. The fraction of sp³-hybridized carbons (Fsp3) is 0.586. The van der Waals surface area contributed by atoms with Crippen LogP contribution < -0.4 is 25.2 Å². The molecule has 1 aromatic heterocycles. The number of carbonyl (C=O) groups excluding carboxylic acids is 2. The summed E-state index contributed by atoms with van der Waals surface area (Å²) in [6.45, 7) is 3.44. The highest BCUT2D eigenvalue weighted by molar-refractivity contribution is 6.04. The summed E-state index contributed by atoms with van der Waals surface area (Å²) in [5.74, 6) is -0.130. The molecule has 1 atom stereocenters. The van der Waals surface area contributed by atoms with Crippen molar-refractivity contribution >= 4 is 35.0 Å². The molecule has 3 heterocycles. The van der Waals surface area contributed by atoms with Crippen molar-refractivity contribution in [3.63, 3.8) is 0 Å². The molecule has 2 fully saturated rings. The summed E-state index contributed by atoms with van der Waals surface area (Å²) < 4.78 is 21.0. The Bertz CT molecular complexity index is 1260. The zero-order valence-electron chi connectivity index (χ0n) is 24.0. The van der Waals surface area contributed by atoms with Crippen molar-refractivity contribution in [2.75, 3.05) is 55.5 Å². The SMILES string of the molecule is CC[C@@H]1C(=O)N(C)c2cnc(Nc3cc(F)c(C(=O)NC4CCN(C)CC4)cc3OCCO)nc2N1C1CCCC1. The van der Waals surface area contributed by atoms with Crippen molar-refractivity contribution in [2.24, 2.45) is 0 Å². The van der Waals surface area contributed by atoms with Gasteiger partial charge in [0.25, 0.3) is 5.91 Å². The predicted molar refractivity (Wildman–Crippen MR) is 155 cm³/mol. The fourth-order valence-corrected chi connectivity index (χ4v) is 6.08. The molecule has 2 aliphatic heterocycles. The molecule has 1 saturated carbocycles. The van der Waals surface area contributed by atoms with Gasteiger partial charge in [-0.15, -0.1) is 0 Å². The number of benzene rings is 1. The number of anilines is 4. The maximum absolute atomic E-state index is 15.3. The summed E-state index contributed by atoms with van der Waals surface area (Å²) in [5, 5.41) is 15.4. The number of likely N-dealkylation sites (N-methyl/N-ethyl adjacent to an activating group) is 1. The third-order valence-corrected chi connectivity index (χ3v) is 8.38. The van der Waals surface area contributed by atoms with E-state index in [0.717, 1.165) is 51.6 Å². The molecule has 0 unspecified atom stereocenters. The topological polar surface area (TPSA) is 123 Å². The van der Waals surface area contributed by atoms with Gasteiger partial charge in [-0.2, -0.15) is 4.98 Å². The van der Waals surface area contributed by atoms with E-state index in [1.165, 1.54) is 12.1 Å². The minimum Gasteiger partial charge on any atom is -0.489 e. The quantitative estimate of drug-likeness (QED) is 0.418. The number of nitrogens with zero attached hydrogens (tertiary/aromatic N) is 5. The second kappa shape index (κ2) is 12.6. The lowest BCUT2D eigenvalue weighted by molar-refractivity contribution is -0.120. The summed E-state index contributed by atoms with van der Waals surface area (Å²) in [4.78, 5) is 41.3. The van der Waals surface area contributed by atoms with E-state index in [1.807, 2.05) is 14.0 Å². The Kier molecular flexibility index (Phi) is 8.88. The predicted octanol–water partition coefficient (Wildman–Crippen LogP) is 3.06. The second-order valence-electron chi connectivity index (χ2n) is 11.1. The van der Waals surface area contributed by atoms with Gasteiger partial charge in [0, 0.05) is 25.2 Å². The average Bonchev–Trinajstić information content (AvgIpc) is 3.50. The molecule has 0 radical (unpaired) electrons. The van der Waals surface area contributed by atoms with E-state index in [0.29, 0.717) is 17.9 Å². The van der Waals surface area contributed by atoms with E-state index in [1.54, 1.807) is 18.1 Å². The van der Waals surface area contributed by atoms with Crippen LogP contribution in [0.15, 0.2) is 18.3 Å². The van der Waals surface area contributed by atoms with Crippen LogP contribution in [0.25, 0.3) is 0 Å². The molecule has 3 N–H and O–H groups in total. The Hall–Kier alpha value is -3.51. The van der Waals surface area contributed by atoms with Crippen molar-refractivity contribution < 1.29 is 23.8 Å². The molecule has 3 aliphatic rings. The first-order valence-electron chi connectivity index (χ1n) is 14.6. The Labute approximate surface area is 240 Å². The number of likely N-dealkylation sites (tertiary alicyclic amines) is 1. The van der Waals surface area contributed by atoms with Gasteiger partial charge in [-0.1, -0.05) is 19.8 Å². The number of piperidine rings is 1. The van der Waals surface area contributed by atoms with Gasteiger partial charge < -0.3 is 35.2 Å². The Morgan fingerprint density at radius 2 is 1.90 bits per heavy atom. The molecular weight excluding hydrogens is 529 g/mol. The number of fused-ring (bicyclic) bond motifs is 1. The minimum atomic E-state index is -0.712. The van der Waals surface area contributed by atoms with Crippen molar-refractivity contribution in [1.82, 2.24) is 20.2 Å². The summed E-state index contributed by atoms with van der Waals surface area (Å²) in [5.41, 5.74) is 0.722. The highest BCUT2D eigenvalue weighted by Crippen LogP contribution is 2.40. The molecule has 41 heavy (non-hydrogen) atoms. The molecule has 1 saturated heterocycles. The Morgan fingerprint density at radius 3 is 2.59 bits per heavy atom. The van der Waals surface area contributed by atoms with Crippen LogP contribution in [0.4, 0.5) is 27.5 Å². The van der Waals surface area contributed by atoms with Gasteiger partial charge in [-0.3, -0.25) is 9.59 Å². The average molecular weight is 570 g/mol. The zero-order valence-corrected chi connectivity index (χ0v) is 24.0. The summed E-state index contributed by atoms with van der Waals surface area (Å²) in [7, 11) is 3.77. The first kappa shape index (κ1) is 29.0. The number of amides is 2. The number of aliphatic hydroxyl groups is 1. The van der Waals surface area contributed by atoms with E-state index in [4.69, 9.17) is 9.72 Å². The van der Waals surface area contributed by atoms with Crippen LogP contribution in [0.3, 0.4) is 0 Å². The molecule has 12 heteroatoms. The van der Waals surface area contributed by atoms with Gasteiger partial charge in [0.05, 0.1) is 24.1 Å². The van der Waals surface area contributed by atoms with E-state index in [9.17, 15) is 14.7 Å². The number of ether oxygens (including phenoxy) is 1. The molecular formula is C29H40FN7O4. The van der Waals surface area contributed by atoms with Crippen LogP contribution in [0.5, 0.6) is 5.75 Å². The standard InChI is InChI=1S/C29H40FN7O4/c1-4-23-28(40)36(3)24-17-31-29(34-26(24)37(23)19-7-5-6-8-19)33-22-16-21(30)20(15-25(22)41-14-13-38)27(39)32-18-9-11-35(2)12-10-18/h15-19,23,38H,4-14H2,1-3H3,(H,32,39)(H,31,33,34)/t23-/m1/s1. The van der Waals surface area contributed by atoms with Crippen LogP contribution in [0.2, 0.25) is 0 Å². The van der Waals surface area contributed by atoms with Gasteiger partial charge in [-0.05, 0) is 58.3 Å². The van der Waals surface area contributed by atoms with Crippen molar-refractivity contribution in [2.45, 2.75) is 70.0 Å². The van der Waals surface area contributed by atoms with Crippen LogP contribution in [-0.2, 0) is 4.79 Å². The molecule has 2 aromatic rings. The monoisotopic (exact) mass is 569 g/mol. The number of hydrogen-bond donors (Lipinski definition) is 3. The Morgan fingerprint density at radius 1 is 1.17 bits per heavy atom. The number of halogens is 1. The largest absolute Gasteiger partial charge is 0.489 e.